The van der Waals surface area contributed by atoms with E-state index in [4.69, 9.17) is 23.2 Å². The molecule has 0 saturated heterocycles. The molecule has 0 aliphatic heterocycles. The zero-order chi connectivity index (χ0) is 17.4. The van der Waals surface area contributed by atoms with E-state index in [0.29, 0.717) is 23.2 Å². The van der Waals surface area contributed by atoms with Crippen molar-refractivity contribution in [2.45, 2.75) is 25.4 Å². The standard InChI is InChI=1S/C15H15Cl2FN2O2S/c1-8(2)6-12-13(10-5-4-9(18)7-11(10)16)14(17)20-15(19-12)23(3,21)22/h4-5,7-8H,6H2,1-3H3. The van der Waals surface area contributed by atoms with E-state index in [1.165, 1.54) is 12.1 Å². The normalized spacial score (nSPS) is 12.0. The minimum Gasteiger partial charge on any atom is -0.223 e. The maximum absolute atomic E-state index is 13.3. The highest BCUT2D eigenvalue weighted by atomic mass is 35.5. The van der Waals surface area contributed by atoms with Crippen LogP contribution in [0.15, 0.2) is 23.4 Å². The molecule has 0 aliphatic rings. The van der Waals surface area contributed by atoms with Crippen LogP contribution >= 0.6 is 23.2 Å². The van der Waals surface area contributed by atoms with E-state index in [1.54, 1.807) is 0 Å². The van der Waals surface area contributed by atoms with Gasteiger partial charge in [0.1, 0.15) is 11.0 Å². The molecule has 0 bridgehead atoms. The topological polar surface area (TPSA) is 59.9 Å². The van der Waals surface area contributed by atoms with Gasteiger partial charge in [-0.15, -0.1) is 0 Å². The van der Waals surface area contributed by atoms with Crippen molar-refractivity contribution < 1.29 is 12.8 Å². The van der Waals surface area contributed by atoms with Crippen molar-refractivity contribution in [2.24, 2.45) is 5.92 Å². The molecule has 0 saturated carbocycles. The van der Waals surface area contributed by atoms with Crippen LogP contribution in [0.4, 0.5) is 4.39 Å². The Morgan fingerprint density at radius 2 is 1.87 bits per heavy atom. The van der Waals surface area contributed by atoms with Gasteiger partial charge in [0, 0.05) is 17.4 Å². The van der Waals surface area contributed by atoms with Crippen molar-refractivity contribution in [2.75, 3.05) is 6.26 Å². The molecule has 0 N–H and O–H groups in total. The van der Waals surface area contributed by atoms with E-state index in [2.05, 4.69) is 9.97 Å². The Kier molecular flexibility index (Phi) is 5.28. The van der Waals surface area contributed by atoms with Crippen LogP contribution in [0.3, 0.4) is 0 Å². The summed E-state index contributed by atoms with van der Waals surface area (Å²) in [4.78, 5) is 8.02. The lowest BCUT2D eigenvalue weighted by atomic mass is 9.99. The van der Waals surface area contributed by atoms with Crippen LogP contribution in [0.2, 0.25) is 10.2 Å². The quantitative estimate of drug-likeness (QED) is 0.592. The van der Waals surface area contributed by atoms with Gasteiger partial charge in [-0.05, 0) is 30.5 Å². The maximum atomic E-state index is 13.3. The second-order valence-electron chi connectivity index (χ2n) is 5.61. The number of halogens is 3. The second kappa shape index (κ2) is 6.71. The van der Waals surface area contributed by atoms with Gasteiger partial charge >= 0.3 is 0 Å². The highest BCUT2D eigenvalue weighted by Gasteiger charge is 2.22. The average molecular weight is 377 g/mol. The van der Waals surface area contributed by atoms with Gasteiger partial charge in [-0.3, -0.25) is 0 Å². The molecule has 0 atom stereocenters. The molecule has 0 spiro atoms. The Balaban J connectivity index is 2.76. The highest BCUT2D eigenvalue weighted by molar-refractivity contribution is 7.90. The molecule has 0 amide bonds. The Morgan fingerprint density at radius 3 is 2.39 bits per heavy atom. The molecule has 124 valence electrons. The van der Waals surface area contributed by atoms with Gasteiger partial charge < -0.3 is 0 Å². The van der Waals surface area contributed by atoms with Crippen molar-refractivity contribution in [1.82, 2.24) is 9.97 Å². The predicted molar refractivity (Wildman–Crippen MR) is 89.1 cm³/mol. The number of sulfone groups is 1. The molecular formula is C15H15Cl2FN2O2S. The van der Waals surface area contributed by atoms with Crippen LogP contribution in [0.1, 0.15) is 19.5 Å². The predicted octanol–water partition coefficient (Wildman–Crippen LogP) is 4.19. The van der Waals surface area contributed by atoms with E-state index >= 15 is 0 Å². The van der Waals surface area contributed by atoms with Crippen LogP contribution < -0.4 is 0 Å². The van der Waals surface area contributed by atoms with Crippen molar-refractivity contribution in [3.8, 4) is 11.1 Å². The summed E-state index contributed by atoms with van der Waals surface area (Å²) in [7, 11) is -3.60. The molecule has 1 aromatic carbocycles. The molecular weight excluding hydrogens is 362 g/mol. The fourth-order valence-electron chi connectivity index (χ4n) is 2.11. The maximum Gasteiger partial charge on any atom is 0.248 e. The lowest BCUT2D eigenvalue weighted by Gasteiger charge is -2.14. The van der Waals surface area contributed by atoms with Gasteiger partial charge in [-0.2, -0.15) is 0 Å². The third kappa shape index (κ3) is 4.19. The zero-order valence-corrected chi connectivity index (χ0v) is 15.1. The molecule has 1 aromatic heterocycles. The molecule has 0 fully saturated rings. The first-order chi connectivity index (χ1) is 10.6. The lowest BCUT2D eigenvalue weighted by Crippen LogP contribution is -2.10. The number of nitrogens with zero attached hydrogens (tertiary/aromatic N) is 2. The SMILES string of the molecule is CC(C)Cc1nc(S(C)(=O)=O)nc(Cl)c1-c1ccc(F)cc1Cl. The van der Waals surface area contributed by atoms with E-state index in [-0.39, 0.29) is 21.3 Å². The van der Waals surface area contributed by atoms with Crippen LogP contribution in [0.25, 0.3) is 11.1 Å². The Hall–Kier alpha value is -1.24. The Bertz CT molecular complexity index is 855. The lowest BCUT2D eigenvalue weighted by molar-refractivity contribution is 0.586. The average Bonchev–Trinajstić information content (AvgIpc) is 2.38. The molecule has 0 radical (unpaired) electrons. The molecule has 0 aliphatic carbocycles. The molecule has 2 aromatic rings. The minimum atomic E-state index is -3.60. The first kappa shape index (κ1) is 18.1. The van der Waals surface area contributed by atoms with E-state index in [9.17, 15) is 12.8 Å². The summed E-state index contributed by atoms with van der Waals surface area (Å²) in [6.07, 6.45) is 1.50. The fraction of sp³-hybridized carbons (Fsp3) is 0.333. The second-order valence-corrected chi connectivity index (χ2v) is 8.29. The zero-order valence-electron chi connectivity index (χ0n) is 12.8. The Labute approximate surface area is 144 Å². The summed E-state index contributed by atoms with van der Waals surface area (Å²) in [5, 5.41) is -0.197. The highest BCUT2D eigenvalue weighted by Crippen LogP contribution is 2.36. The monoisotopic (exact) mass is 376 g/mol. The van der Waals surface area contributed by atoms with Crippen LogP contribution in [0, 0.1) is 11.7 Å². The molecule has 8 heteroatoms. The van der Waals surface area contributed by atoms with Gasteiger partial charge in [-0.1, -0.05) is 37.0 Å². The molecule has 23 heavy (non-hydrogen) atoms. The van der Waals surface area contributed by atoms with Gasteiger partial charge in [-0.25, -0.2) is 22.8 Å². The fourth-order valence-corrected chi connectivity index (χ4v) is 3.25. The summed E-state index contributed by atoms with van der Waals surface area (Å²) < 4.78 is 36.7. The third-order valence-electron chi connectivity index (χ3n) is 3.05. The third-order valence-corrected chi connectivity index (χ3v) is 4.49. The van der Waals surface area contributed by atoms with Gasteiger partial charge in [0.2, 0.25) is 15.0 Å². The van der Waals surface area contributed by atoms with Crippen molar-refractivity contribution in [1.29, 1.82) is 0 Å². The van der Waals surface area contributed by atoms with Crippen LogP contribution in [-0.2, 0) is 16.3 Å². The summed E-state index contributed by atoms with van der Waals surface area (Å²) in [5.41, 5.74) is 1.36. The van der Waals surface area contributed by atoms with Crippen molar-refractivity contribution in [3.63, 3.8) is 0 Å². The minimum absolute atomic E-state index is 0.0235. The van der Waals surface area contributed by atoms with Gasteiger partial charge in [0.25, 0.3) is 0 Å². The number of rotatable bonds is 4. The first-order valence-corrected chi connectivity index (χ1v) is 9.46. The number of aromatic nitrogens is 2. The number of benzene rings is 1. The Morgan fingerprint density at radius 1 is 1.22 bits per heavy atom. The summed E-state index contributed by atoms with van der Waals surface area (Å²) >= 11 is 12.3. The smallest absolute Gasteiger partial charge is 0.223 e. The summed E-state index contributed by atoms with van der Waals surface area (Å²) in [5.74, 6) is -0.277. The van der Waals surface area contributed by atoms with Crippen LogP contribution in [-0.4, -0.2) is 24.6 Å². The van der Waals surface area contributed by atoms with E-state index < -0.39 is 15.7 Å². The van der Waals surface area contributed by atoms with Gasteiger partial charge in [0.05, 0.1) is 10.7 Å². The molecule has 1 heterocycles. The molecule has 0 unspecified atom stereocenters. The number of hydrogen-bond donors (Lipinski definition) is 0. The van der Waals surface area contributed by atoms with Crippen LogP contribution in [0.5, 0.6) is 0 Å². The van der Waals surface area contributed by atoms with Gasteiger partial charge in [0.15, 0.2) is 0 Å². The largest absolute Gasteiger partial charge is 0.248 e. The molecule has 4 nitrogen and oxygen atoms in total. The van der Waals surface area contributed by atoms with E-state index in [1.807, 2.05) is 13.8 Å². The van der Waals surface area contributed by atoms with E-state index in [0.717, 1.165) is 12.3 Å². The summed E-state index contributed by atoms with van der Waals surface area (Å²) in [6.45, 7) is 3.93. The first-order valence-electron chi connectivity index (χ1n) is 6.81. The molecule has 2 rings (SSSR count). The van der Waals surface area contributed by atoms with Crippen molar-refractivity contribution >= 4 is 33.0 Å². The number of hydrogen-bond acceptors (Lipinski definition) is 4. The van der Waals surface area contributed by atoms with Crippen molar-refractivity contribution in [3.05, 3.63) is 39.9 Å². The summed E-state index contributed by atoms with van der Waals surface area (Å²) in [6, 6.07) is 3.89.